The van der Waals surface area contributed by atoms with Crippen LogP contribution in [0.1, 0.15) is 38.5 Å². The van der Waals surface area contributed by atoms with Crippen LogP contribution in [0, 0.1) is 0 Å². The van der Waals surface area contributed by atoms with Gasteiger partial charge in [-0.25, -0.2) is 9.59 Å². The first-order valence-electron chi connectivity index (χ1n) is 8.65. The molecule has 0 aliphatic heterocycles. The number of unbranched alkanes of at least 4 members (excludes halogenated alkanes) is 2. The number of ether oxygens (including phenoxy) is 4. The molecular formula is C16H27NO10. The van der Waals surface area contributed by atoms with E-state index in [-0.39, 0.29) is 39.3 Å². The van der Waals surface area contributed by atoms with Crippen molar-refractivity contribution >= 4 is 24.2 Å². The second-order valence-corrected chi connectivity index (χ2v) is 5.35. The van der Waals surface area contributed by atoms with E-state index in [4.69, 9.17) is 29.2 Å². The van der Waals surface area contributed by atoms with Crippen LogP contribution in [-0.4, -0.2) is 74.0 Å². The predicted octanol–water partition coefficient (Wildman–Crippen LogP) is 1.39. The van der Waals surface area contributed by atoms with Gasteiger partial charge in [-0.3, -0.25) is 9.59 Å². The average molecular weight is 393 g/mol. The molecule has 0 amide bonds. The number of carbonyl (C=O) groups excluding carboxylic acids is 2. The van der Waals surface area contributed by atoms with Crippen molar-refractivity contribution in [1.29, 1.82) is 0 Å². The molecule has 3 N–H and O–H groups in total. The van der Waals surface area contributed by atoms with Gasteiger partial charge < -0.3 is 34.5 Å². The summed E-state index contributed by atoms with van der Waals surface area (Å²) in [5.74, 6) is -1.78. The fourth-order valence-electron chi connectivity index (χ4n) is 1.69. The Labute approximate surface area is 156 Å². The molecule has 0 atom stereocenters. The van der Waals surface area contributed by atoms with Gasteiger partial charge in [0.15, 0.2) is 0 Å². The zero-order chi connectivity index (χ0) is 20.3. The van der Waals surface area contributed by atoms with Crippen molar-refractivity contribution in [3.8, 4) is 0 Å². The van der Waals surface area contributed by atoms with Crippen molar-refractivity contribution in [1.82, 2.24) is 5.32 Å². The van der Waals surface area contributed by atoms with Crippen molar-refractivity contribution in [3.05, 3.63) is 0 Å². The lowest BCUT2D eigenvalue weighted by atomic mass is 10.2. The van der Waals surface area contributed by atoms with Crippen LogP contribution in [0.15, 0.2) is 0 Å². The zero-order valence-electron chi connectivity index (χ0n) is 15.1. The molecule has 11 heteroatoms. The summed E-state index contributed by atoms with van der Waals surface area (Å²) >= 11 is 0. The van der Waals surface area contributed by atoms with Gasteiger partial charge in [0.2, 0.25) is 0 Å². The van der Waals surface area contributed by atoms with Crippen LogP contribution in [-0.2, 0) is 28.5 Å². The van der Waals surface area contributed by atoms with Gasteiger partial charge >= 0.3 is 24.2 Å². The van der Waals surface area contributed by atoms with Gasteiger partial charge in [0.1, 0.15) is 13.2 Å². The Morgan fingerprint density at radius 1 is 0.593 bits per heavy atom. The third-order valence-electron chi connectivity index (χ3n) is 3.01. The maximum Gasteiger partial charge on any atom is 0.508 e. The molecule has 0 rings (SSSR count). The number of hydrogen-bond donors (Lipinski definition) is 3. The standard InChI is InChI=1S/C16H27NO10/c18-13(19)5-1-3-9-24-15(22)26-11-7-17-8-12-27-16(23)25-10-4-2-6-14(20)21/h17H,1-12H2,(H,18,19)(H,20,21). The smallest absolute Gasteiger partial charge is 0.481 e. The quantitative estimate of drug-likeness (QED) is 0.257. The van der Waals surface area contributed by atoms with E-state index in [1.165, 1.54) is 0 Å². The molecule has 27 heavy (non-hydrogen) atoms. The monoisotopic (exact) mass is 393 g/mol. The minimum Gasteiger partial charge on any atom is -0.481 e. The Kier molecular flexibility index (Phi) is 15.3. The highest BCUT2D eigenvalue weighted by atomic mass is 16.7. The van der Waals surface area contributed by atoms with Gasteiger partial charge in [-0.05, 0) is 25.7 Å². The molecule has 0 saturated carbocycles. The van der Waals surface area contributed by atoms with Gasteiger partial charge in [-0.15, -0.1) is 0 Å². The van der Waals surface area contributed by atoms with Gasteiger partial charge in [-0.1, -0.05) is 0 Å². The number of nitrogens with one attached hydrogen (secondary N) is 1. The molecule has 11 nitrogen and oxygen atoms in total. The van der Waals surface area contributed by atoms with E-state index < -0.39 is 24.2 Å². The first-order chi connectivity index (χ1) is 12.9. The van der Waals surface area contributed by atoms with E-state index in [0.29, 0.717) is 38.8 Å². The van der Waals surface area contributed by atoms with Crippen LogP contribution in [0.5, 0.6) is 0 Å². The number of carboxylic acids is 2. The summed E-state index contributed by atoms with van der Waals surface area (Å²) in [5.41, 5.74) is 0. The molecule has 0 aromatic carbocycles. The zero-order valence-corrected chi connectivity index (χ0v) is 15.1. The Bertz CT molecular complexity index is 414. The number of aliphatic carboxylic acids is 2. The van der Waals surface area contributed by atoms with Crippen molar-refractivity contribution < 1.29 is 48.3 Å². The van der Waals surface area contributed by atoms with E-state index in [1.54, 1.807) is 0 Å². The summed E-state index contributed by atoms with van der Waals surface area (Å²) in [5, 5.41) is 19.8. The van der Waals surface area contributed by atoms with Crippen LogP contribution < -0.4 is 5.32 Å². The predicted molar refractivity (Wildman–Crippen MR) is 90.4 cm³/mol. The SMILES string of the molecule is O=C(O)CCCCOC(=O)OCCNCCOC(=O)OCCCCC(=O)O. The van der Waals surface area contributed by atoms with Crippen molar-refractivity contribution in [2.75, 3.05) is 39.5 Å². The van der Waals surface area contributed by atoms with Crippen LogP contribution in [0.25, 0.3) is 0 Å². The Hall–Kier alpha value is -2.56. The lowest BCUT2D eigenvalue weighted by Crippen LogP contribution is -2.26. The van der Waals surface area contributed by atoms with Crippen molar-refractivity contribution in [3.63, 3.8) is 0 Å². The normalized spacial score (nSPS) is 10.1. The molecule has 0 aromatic rings. The van der Waals surface area contributed by atoms with Crippen LogP contribution >= 0.6 is 0 Å². The molecule has 0 bridgehead atoms. The number of rotatable bonds is 16. The molecule has 0 spiro atoms. The van der Waals surface area contributed by atoms with E-state index in [9.17, 15) is 19.2 Å². The first kappa shape index (κ1) is 24.4. The number of hydrogen-bond acceptors (Lipinski definition) is 9. The number of carbonyl (C=O) groups is 4. The topological polar surface area (TPSA) is 158 Å². The first-order valence-corrected chi connectivity index (χ1v) is 8.65. The highest BCUT2D eigenvalue weighted by Crippen LogP contribution is 1.98. The lowest BCUT2D eigenvalue weighted by molar-refractivity contribution is -0.138. The van der Waals surface area contributed by atoms with Crippen LogP contribution in [0.4, 0.5) is 9.59 Å². The summed E-state index contributed by atoms with van der Waals surface area (Å²) in [6, 6.07) is 0. The van der Waals surface area contributed by atoms with E-state index >= 15 is 0 Å². The van der Waals surface area contributed by atoms with Gasteiger partial charge in [0.05, 0.1) is 13.2 Å². The molecule has 0 aromatic heterocycles. The maximum atomic E-state index is 11.2. The summed E-state index contributed by atoms with van der Waals surface area (Å²) in [4.78, 5) is 43.0. The van der Waals surface area contributed by atoms with Crippen LogP contribution in [0.3, 0.4) is 0 Å². The van der Waals surface area contributed by atoms with Gasteiger partial charge in [0, 0.05) is 25.9 Å². The molecule has 0 fully saturated rings. The van der Waals surface area contributed by atoms with E-state index in [0.717, 1.165) is 0 Å². The van der Waals surface area contributed by atoms with Crippen molar-refractivity contribution in [2.45, 2.75) is 38.5 Å². The fraction of sp³-hybridized carbons (Fsp3) is 0.750. The third kappa shape index (κ3) is 19.6. The largest absolute Gasteiger partial charge is 0.508 e. The molecule has 156 valence electrons. The molecule has 0 heterocycles. The lowest BCUT2D eigenvalue weighted by Gasteiger charge is -2.08. The van der Waals surface area contributed by atoms with Gasteiger partial charge in [-0.2, -0.15) is 0 Å². The minimum atomic E-state index is -0.892. The average Bonchev–Trinajstić information content (AvgIpc) is 2.59. The number of carboxylic acid groups (broad SMARTS) is 2. The minimum absolute atomic E-state index is 0.0304. The molecule has 0 saturated heterocycles. The van der Waals surface area contributed by atoms with E-state index in [2.05, 4.69) is 5.32 Å². The van der Waals surface area contributed by atoms with Gasteiger partial charge in [0.25, 0.3) is 0 Å². The molecule has 0 aliphatic rings. The molecular weight excluding hydrogens is 366 g/mol. The maximum absolute atomic E-state index is 11.2. The molecule has 0 radical (unpaired) electrons. The highest BCUT2D eigenvalue weighted by molar-refractivity contribution is 5.66. The van der Waals surface area contributed by atoms with E-state index in [1.807, 2.05) is 0 Å². The van der Waals surface area contributed by atoms with Crippen molar-refractivity contribution in [2.24, 2.45) is 0 Å². The Morgan fingerprint density at radius 3 is 1.33 bits per heavy atom. The highest BCUT2D eigenvalue weighted by Gasteiger charge is 2.05. The summed E-state index contributed by atoms with van der Waals surface area (Å²) < 4.78 is 19.1. The molecule has 0 aliphatic carbocycles. The summed E-state index contributed by atoms with van der Waals surface area (Å²) in [6.07, 6.45) is 0.166. The summed E-state index contributed by atoms with van der Waals surface area (Å²) in [7, 11) is 0. The second kappa shape index (κ2) is 16.9. The Balaban J connectivity index is 3.33. The van der Waals surface area contributed by atoms with Crippen LogP contribution in [0.2, 0.25) is 0 Å². The third-order valence-corrected chi connectivity index (χ3v) is 3.01. The summed E-state index contributed by atoms with van der Waals surface area (Å²) in [6.45, 7) is 1.02. The second-order valence-electron chi connectivity index (χ2n) is 5.35. The molecule has 0 unspecified atom stereocenters. The Morgan fingerprint density at radius 2 is 0.963 bits per heavy atom. The fourth-order valence-corrected chi connectivity index (χ4v) is 1.69.